The minimum absolute atomic E-state index is 0.520. The average molecular weight is 242 g/mol. The van der Waals surface area contributed by atoms with E-state index in [2.05, 4.69) is 4.98 Å². The lowest BCUT2D eigenvalue weighted by atomic mass is 10.1. The number of hydrogen-bond acceptors (Lipinski definition) is 5. The second kappa shape index (κ2) is 4.44. The Bertz CT molecular complexity index is 508. The van der Waals surface area contributed by atoms with Crippen LogP contribution >= 0.6 is 0 Å². The molecule has 0 spiro atoms. The van der Waals surface area contributed by atoms with Gasteiger partial charge < -0.3 is 14.9 Å². The van der Waals surface area contributed by atoms with Crippen molar-refractivity contribution in [1.82, 2.24) is 9.55 Å². The molecule has 1 aliphatic heterocycles. The first-order valence-electron chi connectivity index (χ1n) is 5.37. The topological polar surface area (TPSA) is 105 Å². The van der Waals surface area contributed by atoms with E-state index in [1.54, 1.807) is 6.92 Å². The van der Waals surface area contributed by atoms with Gasteiger partial charge in [-0.25, -0.2) is 4.79 Å². The number of aromatic amines is 1. The summed E-state index contributed by atoms with van der Waals surface area (Å²) in [7, 11) is 0. The largest absolute Gasteiger partial charge is 0.388 e. The van der Waals surface area contributed by atoms with Gasteiger partial charge in [0, 0.05) is 12.3 Å². The lowest BCUT2D eigenvalue weighted by molar-refractivity contribution is -0.0405. The van der Waals surface area contributed by atoms with Crippen LogP contribution in [0.2, 0.25) is 0 Å². The van der Waals surface area contributed by atoms with Crippen molar-refractivity contribution in [2.45, 2.75) is 37.9 Å². The molecule has 3 N–H and O–H groups in total. The van der Waals surface area contributed by atoms with Crippen LogP contribution in [0.4, 0.5) is 0 Å². The van der Waals surface area contributed by atoms with E-state index in [1.807, 2.05) is 0 Å². The highest BCUT2D eigenvalue weighted by molar-refractivity contribution is 4.92. The summed E-state index contributed by atoms with van der Waals surface area (Å²) in [6, 6.07) is 1.16. The second-order valence-electron chi connectivity index (χ2n) is 3.97. The Morgan fingerprint density at radius 1 is 1.41 bits per heavy atom. The highest BCUT2D eigenvalue weighted by Crippen LogP contribution is 2.29. The van der Waals surface area contributed by atoms with Gasteiger partial charge in [0.25, 0.3) is 5.56 Å². The van der Waals surface area contributed by atoms with Crippen LogP contribution in [0.25, 0.3) is 0 Å². The van der Waals surface area contributed by atoms with Crippen LogP contribution in [-0.4, -0.2) is 38.1 Å². The molecular weight excluding hydrogens is 228 g/mol. The van der Waals surface area contributed by atoms with Gasteiger partial charge in [-0.3, -0.25) is 14.3 Å². The van der Waals surface area contributed by atoms with E-state index >= 15 is 0 Å². The van der Waals surface area contributed by atoms with Crippen molar-refractivity contribution in [2.75, 3.05) is 0 Å². The number of rotatable bonds is 2. The molecule has 1 fully saturated rings. The van der Waals surface area contributed by atoms with Crippen molar-refractivity contribution in [3.8, 4) is 0 Å². The van der Waals surface area contributed by atoms with Crippen molar-refractivity contribution in [3.63, 3.8) is 0 Å². The Kier molecular flexibility index (Phi) is 3.14. The fourth-order valence-corrected chi connectivity index (χ4v) is 1.92. The smallest absolute Gasteiger partial charge is 0.330 e. The van der Waals surface area contributed by atoms with E-state index in [9.17, 15) is 19.8 Å². The molecule has 7 nitrogen and oxygen atoms in total. The molecule has 94 valence electrons. The summed E-state index contributed by atoms with van der Waals surface area (Å²) >= 11 is 0. The predicted molar refractivity (Wildman–Crippen MR) is 57.5 cm³/mol. The van der Waals surface area contributed by atoms with Gasteiger partial charge in [0.05, 0.1) is 6.10 Å². The average Bonchev–Trinajstić information content (AvgIpc) is 2.57. The summed E-state index contributed by atoms with van der Waals surface area (Å²) in [5.74, 6) is 0. The van der Waals surface area contributed by atoms with Crippen molar-refractivity contribution in [3.05, 3.63) is 33.1 Å². The minimum Gasteiger partial charge on any atom is -0.388 e. The fourth-order valence-electron chi connectivity index (χ4n) is 1.92. The number of aliphatic hydroxyl groups excluding tert-OH is 2. The van der Waals surface area contributed by atoms with Crippen molar-refractivity contribution in [1.29, 1.82) is 0 Å². The number of hydrogen-bond donors (Lipinski definition) is 3. The molecule has 0 bridgehead atoms. The molecule has 2 rings (SSSR count). The van der Waals surface area contributed by atoms with E-state index in [-0.39, 0.29) is 0 Å². The van der Waals surface area contributed by atoms with Crippen LogP contribution in [0, 0.1) is 0 Å². The van der Waals surface area contributed by atoms with Gasteiger partial charge in [-0.15, -0.1) is 0 Å². The highest BCUT2D eigenvalue weighted by Gasteiger charge is 2.42. The molecule has 2 heterocycles. The number of H-pyrrole nitrogens is 1. The lowest BCUT2D eigenvalue weighted by Gasteiger charge is -2.16. The minimum atomic E-state index is -1.19. The third-order valence-electron chi connectivity index (χ3n) is 2.86. The molecule has 1 aromatic heterocycles. The van der Waals surface area contributed by atoms with Gasteiger partial charge in [-0.05, 0) is 6.42 Å². The molecule has 1 aromatic rings. The van der Waals surface area contributed by atoms with Crippen LogP contribution in [-0.2, 0) is 4.74 Å². The fraction of sp³-hybridized carbons (Fsp3) is 0.600. The second-order valence-corrected chi connectivity index (χ2v) is 3.97. The molecule has 17 heavy (non-hydrogen) atoms. The van der Waals surface area contributed by atoms with Gasteiger partial charge in [0.15, 0.2) is 6.23 Å². The summed E-state index contributed by atoms with van der Waals surface area (Å²) in [6.07, 6.45) is -1.97. The standard InChI is InChI=1S/C10H14N2O5/c1-2-5-7(14)8(15)9(17-5)12-4-3-6(13)11-10(12)16/h3-5,7-9,14-15H,2H2,1H3,(H,11,13,16)/t5?,7-,8-,9?/m0/s1. The quantitative estimate of drug-likeness (QED) is 0.589. The normalized spacial score (nSPS) is 32.9. The molecule has 2 unspecified atom stereocenters. The van der Waals surface area contributed by atoms with Gasteiger partial charge >= 0.3 is 5.69 Å². The molecule has 1 saturated heterocycles. The van der Waals surface area contributed by atoms with E-state index in [0.717, 1.165) is 10.6 Å². The zero-order valence-electron chi connectivity index (χ0n) is 9.24. The molecule has 1 aliphatic rings. The first-order chi connectivity index (χ1) is 8.04. The highest BCUT2D eigenvalue weighted by atomic mass is 16.6. The van der Waals surface area contributed by atoms with Gasteiger partial charge in [0.2, 0.25) is 0 Å². The monoisotopic (exact) mass is 242 g/mol. The molecular formula is C10H14N2O5. The number of ether oxygens (including phenoxy) is 1. The molecule has 0 aliphatic carbocycles. The summed E-state index contributed by atoms with van der Waals surface area (Å²) in [5, 5.41) is 19.5. The molecule has 0 amide bonds. The van der Waals surface area contributed by atoms with Gasteiger partial charge in [-0.2, -0.15) is 0 Å². The van der Waals surface area contributed by atoms with E-state index in [4.69, 9.17) is 4.74 Å². The summed E-state index contributed by atoms with van der Waals surface area (Å²) in [6.45, 7) is 1.80. The maximum absolute atomic E-state index is 11.5. The van der Waals surface area contributed by atoms with E-state index in [0.29, 0.717) is 6.42 Å². The molecule has 0 aromatic carbocycles. The number of nitrogens with one attached hydrogen (secondary N) is 1. The summed E-state index contributed by atoms with van der Waals surface area (Å²) in [5.41, 5.74) is -1.20. The molecule has 7 heteroatoms. The summed E-state index contributed by atoms with van der Waals surface area (Å²) in [4.78, 5) is 24.5. The van der Waals surface area contributed by atoms with Crippen molar-refractivity contribution in [2.24, 2.45) is 0 Å². The van der Waals surface area contributed by atoms with Crippen LogP contribution in [0.15, 0.2) is 21.9 Å². The van der Waals surface area contributed by atoms with Crippen LogP contribution in [0.5, 0.6) is 0 Å². The predicted octanol–water partition coefficient (Wildman–Crippen LogP) is -1.43. The summed E-state index contributed by atoms with van der Waals surface area (Å²) < 4.78 is 6.44. The molecule has 0 saturated carbocycles. The van der Waals surface area contributed by atoms with Gasteiger partial charge in [0.1, 0.15) is 12.2 Å². The Labute approximate surface area is 96.3 Å². The number of nitrogens with zero attached hydrogens (tertiary/aromatic N) is 1. The lowest BCUT2D eigenvalue weighted by Crippen LogP contribution is -2.37. The zero-order valence-corrected chi connectivity index (χ0v) is 9.24. The van der Waals surface area contributed by atoms with Crippen molar-refractivity contribution >= 4 is 0 Å². The first-order valence-corrected chi connectivity index (χ1v) is 5.37. The number of aromatic nitrogens is 2. The van der Waals surface area contributed by atoms with Gasteiger partial charge in [-0.1, -0.05) is 6.92 Å². The molecule has 0 radical (unpaired) electrons. The molecule has 4 atom stereocenters. The van der Waals surface area contributed by atoms with Crippen LogP contribution < -0.4 is 11.2 Å². The Balaban J connectivity index is 2.35. The Morgan fingerprint density at radius 3 is 2.65 bits per heavy atom. The maximum atomic E-state index is 11.5. The Morgan fingerprint density at radius 2 is 2.12 bits per heavy atom. The van der Waals surface area contributed by atoms with E-state index < -0.39 is 35.8 Å². The van der Waals surface area contributed by atoms with Crippen LogP contribution in [0.1, 0.15) is 19.6 Å². The third kappa shape index (κ3) is 2.04. The first kappa shape index (κ1) is 12.0. The Hall–Kier alpha value is -1.44. The van der Waals surface area contributed by atoms with E-state index in [1.165, 1.54) is 6.20 Å². The maximum Gasteiger partial charge on any atom is 0.330 e. The van der Waals surface area contributed by atoms with Crippen LogP contribution in [0.3, 0.4) is 0 Å². The zero-order chi connectivity index (χ0) is 12.6. The number of aliphatic hydroxyl groups is 2. The van der Waals surface area contributed by atoms with Crippen molar-refractivity contribution < 1.29 is 14.9 Å². The third-order valence-corrected chi connectivity index (χ3v) is 2.86. The SMILES string of the molecule is CCC1OC(n2ccc(=O)[nH]c2=O)[C@@H](O)[C@H]1O.